The lowest BCUT2D eigenvalue weighted by Crippen LogP contribution is -2.12. The highest BCUT2D eigenvalue weighted by Crippen LogP contribution is 2.20. The predicted molar refractivity (Wildman–Crippen MR) is 104 cm³/mol. The molecule has 0 atom stereocenters. The van der Waals surface area contributed by atoms with Gasteiger partial charge < -0.3 is 10.5 Å². The molecule has 28 heavy (non-hydrogen) atoms. The lowest BCUT2D eigenvalue weighted by Gasteiger charge is -2.01. The van der Waals surface area contributed by atoms with Gasteiger partial charge in [-0.25, -0.2) is 4.79 Å². The molecule has 1 amide bonds. The molecular weight excluding hydrogens is 360 g/mol. The number of nitrogens with zero attached hydrogens (tertiary/aromatic N) is 1. The Hall–Kier alpha value is -4.00. The highest BCUT2D eigenvalue weighted by molar-refractivity contribution is 6.11. The molecule has 7 heteroatoms. The monoisotopic (exact) mass is 378 g/mol. The van der Waals surface area contributed by atoms with E-state index in [1.807, 2.05) is 30.3 Å². The van der Waals surface area contributed by atoms with E-state index in [0.29, 0.717) is 5.56 Å². The molecule has 3 aromatic rings. The summed E-state index contributed by atoms with van der Waals surface area (Å²) in [5.41, 5.74) is 6.11. The summed E-state index contributed by atoms with van der Waals surface area (Å²) in [6, 6.07) is 23.8. The van der Waals surface area contributed by atoms with Crippen LogP contribution in [0, 0.1) is 10.1 Å². The van der Waals surface area contributed by atoms with Crippen LogP contribution < -0.4 is 5.73 Å². The summed E-state index contributed by atoms with van der Waals surface area (Å²) in [5, 5.41) is 10.8. The molecule has 0 heterocycles. The Labute approximate surface area is 161 Å². The molecule has 0 saturated heterocycles. The number of para-hydroxylation sites is 1. The highest BCUT2D eigenvalue weighted by atomic mass is 16.6. The van der Waals surface area contributed by atoms with Gasteiger partial charge in [0.1, 0.15) is 12.2 Å². The van der Waals surface area contributed by atoms with Crippen molar-refractivity contribution in [2.75, 3.05) is 0 Å². The number of benzene rings is 3. The molecule has 0 aliphatic rings. The van der Waals surface area contributed by atoms with E-state index < -0.39 is 11.0 Å². The van der Waals surface area contributed by atoms with Gasteiger partial charge in [-0.1, -0.05) is 72.8 Å². The number of nitro groups is 1. The predicted octanol–water partition coefficient (Wildman–Crippen LogP) is 4.11. The van der Waals surface area contributed by atoms with Crippen molar-refractivity contribution in [2.45, 2.75) is 6.61 Å². The van der Waals surface area contributed by atoms with Crippen molar-refractivity contribution in [3.8, 4) is 0 Å². The van der Waals surface area contributed by atoms with Gasteiger partial charge in [0.05, 0.1) is 4.92 Å². The zero-order valence-electron chi connectivity index (χ0n) is 14.9. The molecule has 0 aliphatic heterocycles. The van der Waals surface area contributed by atoms with E-state index in [2.05, 4.69) is 4.74 Å². The van der Waals surface area contributed by atoms with Crippen LogP contribution in [0.15, 0.2) is 84.9 Å². The maximum absolute atomic E-state index is 12.1. The van der Waals surface area contributed by atoms with Gasteiger partial charge in [-0.15, -0.1) is 0 Å². The van der Waals surface area contributed by atoms with Crippen LogP contribution >= 0.6 is 0 Å². The van der Waals surface area contributed by atoms with E-state index in [1.165, 1.54) is 12.1 Å². The summed E-state index contributed by atoms with van der Waals surface area (Å²) in [5.74, 6) is -0.335. The first-order chi connectivity index (χ1) is 13.5. The van der Waals surface area contributed by atoms with Crippen LogP contribution in [0.4, 0.5) is 10.5 Å². The van der Waals surface area contributed by atoms with E-state index in [0.717, 1.165) is 5.56 Å². The average molecular weight is 378 g/mol. The van der Waals surface area contributed by atoms with Gasteiger partial charge in [0.15, 0.2) is 5.78 Å². The minimum Gasteiger partial charge on any atom is -0.445 e. The second kappa shape index (κ2) is 10.2. The first-order valence-corrected chi connectivity index (χ1v) is 8.28. The first-order valence-electron chi connectivity index (χ1n) is 8.28. The summed E-state index contributed by atoms with van der Waals surface area (Å²) in [6.45, 7) is 0.246. The number of hydrogen-bond acceptors (Lipinski definition) is 5. The molecule has 2 N–H and O–H groups in total. The Morgan fingerprint density at radius 2 is 1.39 bits per heavy atom. The van der Waals surface area contributed by atoms with E-state index in [9.17, 15) is 19.7 Å². The van der Waals surface area contributed by atoms with Gasteiger partial charge in [0.2, 0.25) is 0 Å². The fourth-order valence-corrected chi connectivity index (χ4v) is 2.30. The van der Waals surface area contributed by atoms with E-state index in [4.69, 9.17) is 5.73 Å². The van der Waals surface area contributed by atoms with E-state index >= 15 is 0 Å². The van der Waals surface area contributed by atoms with Crippen molar-refractivity contribution < 1.29 is 19.2 Å². The number of rotatable bonds is 5. The molecule has 0 aromatic heterocycles. The third kappa shape index (κ3) is 6.06. The number of hydrogen-bond donors (Lipinski definition) is 1. The van der Waals surface area contributed by atoms with Gasteiger partial charge in [-0.05, 0) is 11.6 Å². The van der Waals surface area contributed by atoms with Crippen LogP contribution in [0.2, 0.25) is 0 Å². The minimum atomic E-state index is -0.742. The lowest BCUT2D eigenvalue weighted by atomic mass is 10.0. The van der Waals surface area contributed by atoms with Crippen molar-refractivity contribution in [1.82, 2.24) is 0 Å². The van der Waals surface area contributed by atoms with Crippen LogP contribution in [0.1, 0.15) is 21.5 Å². The highest BCUT2D eigenvalue weighted by Gasteiger charge is 2.19. The van der Waals surface area contributed by atoms with E-state index in [1.54, 1.807) is 42.5 Å². The SMILES string of the molecule is NC(=O)OCc1ccccc1.O=C(c1ccccc1)c1ccccc1[N+](=O)[O-]. The van der Waals surface area contributed by atoms with E-state index in [-0.39, 0.29) is 23.6 Å². The summed E-state index contributed by atoms with van der Waals surface area (Å²) in [4.78, 5) is 32.5. The second-order valence-corrected chi connectivity index (χ2v) is 5.56. The number of carbonyl (C=O) groups excluding carboxylic acids is 2. The van der Waals surface area contributed by atoms with Crippen molar-refractivity contribution >= 4 is 17.6 Å². The van der Waals surface area contributed by atoms with Gasteiger partial charge >= 0.3 is 6.09 Å². The van der Waals surface area contributed by atoms with Gasteiger partial charge in [-0.2, -0.15) is 0 Å². The largest absolute Gasteiger partial charge is 0.445 e. The number of carbonyl (C=O) groups is 2. The number of primary amides is 1. The third-order valence-corrected chi connectivity index (χ3v) is 3.61. The number of ketones is 1. The van der Waals surface area contributed by atoms with Crippen LogP contribution in [0.25, 0.3) is 0 Å². The zero-order valence-corrected chi connectivity index (χ0v) is 14.9. The number of amides is 1. The molecule has 0 fully saturated rings. The molecule has 0 aliphatic carbocycles. The molecule has 0 saturated carbocycles. The number of ether oxygens (including phenoxy) is 1. The van der Waals surface area contributed by atoms with Crippen molar-refractivity contribution in [3.05, 3.63) is 112 Å². The van der Waals surface area contributed by atoms with Crippen molar-refractivity contribution in [3.63, 3.8) is 0 Å². The maximum Gasteiger partial charge on any atom is 0.404 e. The fourth-order valence-electron chi connectivity index (χ4n) is 2.30. The average Bonchev–Trinajstić information content (AvgIpc) is 2.73. The molecule has 0 spiro atoms. The Balaban J connectivity index is 0.000000221. The number of nitro benzene ring substituents is 1. The molecule has 0 radical (unpaired) electrons. The molecule has 7 nitrogen and oxygen atoms in total. The summed E-state index contributed by atoms with van der Waals surface area (Å²) < 4.78 is 4.57. The molecule has 3 rings (SSSR count). The Morgan fingerprint density at radius 3 is 1.96 bits per heavy atom. The fraction of sp³-hybridized carbons (Fsp3) is 0.0476. The topological polar surface area (TPSA) is 113 Å². The Morgan fingerprint density at radius 1 is 0.857 bits per heavy atom. The third-order valence-electron chi connectivity index (χ3n) is 3.61. The lowest BCUT2D eigenvalue weighted by molar-refractivity contribution is -0.385. The Bertz CT molecular complexity index is 943. The van der Waals surface area contributed by atoms with Gasteiger partial charge in [-0.3, -0.25) is 14.9 Å². The standard InChI is InChI=1S/C13H9NO3.C8H9NO2/c15-13(10-6-2-1-3-7-10)11-8-4-5-9-12(11)14(16)17;9-8(10)11-6-7-4-2-1-3-5-7/h1-9H;1-5H,6H2,(H2,9,10). The summed E-state index contributed by atoms with van der Waals surface area (Å²) in [6.07, 6.45) is -0.742. The Kier molecular flexibility index (Phi) is 7.42. The van der Waals surface area contributed by atoms with Crippen LogP contribution in [-0.2, 0) is 11.3 Å². The van der Waals surface area contributed by atoms with Crippen LogP contribution in [0.5, 0.6) is 0 Å². The smallest absolute Gasteiger partial charge is 0.404 e. The quantitative estimate of drug-likeness (QED) is 0.408. The minimum absolute atomic E-state index is 0.115. The van der Waals surface area contributed by atoms with Crippen LogP contribution in [-0.4, -0.2) is 16.8 Å². The number of nitrogens with two attached hydrogens (primary N) is 1. The normalized spacial score (nSPS) is 9.57. The summed E-state index contributed by atoms with van der Waals surface area (Å²) >= 11 is 0. The maximum atomic E-state index is 12.1. The van der Waals surface area contributed by atoms with Gasteiger partial charge in [0, 0.05) is 11.6 Å². The van der Waals surface area contributed by atoms with Crippen molar-refractivity contribution in [1.29, 1.82) is 0 Å². The van der Waals surface area contributed by atoms with Crippen molar-refractivity contribution in [2.24, 2.45) is 5.73 Å². The van der Waals surface area contributed by atoms with Gasteiger partial charge in [0.25, 0.3) is 5.69 Å². The summed E-state index contributed by atoms with van der Waals surface area (Å²) in [7, 11) is 0. The zero-order chi connectivity index (χ0) is 20.4. The molecule has 3 aromatic carbocycles. The molecule has 0 unspecified atom stereocenters. The second-order valence-electron chi connectivity index (χ2n) is 5.56. The molecule has 142 valence electrons. The molecular formula is C21H18N2O5. The first kappa shape index (κ1) is 20.3. The van der Waals surface area contributed by atoms with Crippen LogP contribution in [0.3, 0.4) is 0 Å². The molecule has 0 bridgehead atoms.